The molecule has 122 valence electrons. The summed E-state index contributed by atoms with van der Waals surface area (Å²) >= 11 is 0. The molecule has 0 fully saturated rings. The Morgan fingerprint density at radius 3 is 2.60 bits per heavy atom. The molecule has 4 rings (SSSR count). The Bertz CT molecular complexity index is 1100. The van der Waals surface area contributed by atoms with Crippen molar-refractivity contribution in [2.75, 3.05) is 0 Å². The van der Waals surface area contributed by atoms with E-state index in [0.717, 1.165) is 11.3 Å². The van der Waals surface area contributed by atoms with E-state index in [1.165, 1.54) is 12.1 Å². The molecule has 0 aliphatic rings. The van der Waals surface area contributed by atoms with Crippen molar-refractivity contribution in [2.45, 2.75) is 6.92 Å². The second-order valence-electron chi connectivity index (χ2n) is 5.79. The second-order valence-corrected chi connectivity index (χ2v) is 5.79. The molecule has 2 aromatic heterocycles. The highest BCUT2D eigenvalue weighted by atomic mass is 19.1. The normalized spacial score (nSPS) is 11.0. The molecule has 25 heavy (non-hydrogen) atoms. The number of halogens is 1. The largest absolute Gasteiger partial charge is 0.296 e. The number of carbonyl (C=O) groups is 1. The molecule has 0 saturated heterocycles. The van der Waals surface area contributed by atoms with Gasteiger partial charge in [0, 0.05) is 22.9 Å². The van der Waals surface area contributed by atoms with E-state index < -0.39 is 0 Å². The predicted molar refractivity (Wildman–Crippen MR) is 93.8 cm³/mol. The van der Waals surface area contributed by atoms with Gasteiger partial charge in [0.15, 0.2) is 11.4 Å². The fourth-order valence-corrected chi connectivity index (χ4v) is 2.80. The summed E-state index contributed by atoms with van der Waals surface area (Å²) in [6.07, 6.45) is 5.22. The Balaban J connectivity index is 1.87. The molecule has 0 spiro atoms. The van der Waals surface area contributed by atoms with Crippen LogP contribution in [0.15, 0.2) is 67.1 Å². The number of ketones is 1. The van der Waals surface area contributed by atoms with Gasteiger partial charge >= 0.3 is 0 Å². The van der Waals surface area contributed by atoms with Crippen LogP contribution < -0.4 is 0 Å². The Labute approximate surface area is 143 Å². The van der Waals surface area contributed by atoms with E-state index in [0.29, 0.717) is 22.5 Å². The van der Waals surface area contributed by atoms with Crippen LogP contribution >= 0.6 is 0 Å². The van der Waals surface area contributed by atoms with Crippen LogP contribution in [0.4, 0.5) is 4.39 Å². The van der Waals surface area contributed by atoms with Crippen LogP contribution in [0.2, 0.25) is 0 Å². The molecule has 2 heterocycles. The van der Waals surface area contributed by atoms with Gasteiger partial charge in [-0.25, -0.2) is 9.37 Å². The fourth-order valence-electron chi connectivity index (χ4n) is 2.80. The monoisotopic (exact) mass is 331 g/mol. The van der Waals surface area contributed by atoms with Crippen LogP contribution in [0.3, 0.4) is 0 Å². The number of nitrogens with zero attached hydrogens (tertiary/aromatic N) is 3. The van der Waals surface area contributed by atoms with E-state index >= 15 is 0 Å². The molecule has 0 amide bonds. The minimum absolute atomic E-state index is 0.0118. The summed E-state index contributed by atoms with van der Waals surface area (Å²) in [4.78, 5) is 20.4. The summed E-state index contributed by atoms with van der Waals surface area (Å²) in [5.74, 6) is -0.294. The topological polar surface area (TPSA) is 47.3 Å². The van der Waals surface area contributed by atoms with E-state index in [1.54, 1.807) is 31.5 Å². The number of benzene rings is 2. The second kappa shape index (κ2) is 5.94. The molecule has 0 aliphatic carbocycles. The summed E-state index contributed by atoms with van der Waals surface area (Å²) in [5.41, 5.74) is 4.40. The van der Waals surface area contributed by atoms with Crippen molar-refractivity contribution in [3.05, 3.63) is 78.5 Å². The van der Waals surface area contributed by atoms with Crippen LogP contribution in [0.25, 0.3) is 28.2 Å². The lowest BCUT2D eigenvalue weighted by molar-refractivity contribution is 0.101. The summed E-state index contributed by atoms with van der Waals surface area (Å²) in [6, 6.07) is 13.7. The predicted octanol–water partition coefficient (Wildman–Crippen LogP) is 4.41. The van der Waals surface area contributed by atoms with E-state index in [9.17, 15) is 9.18 Å². The zero-order valence-electron chi connectivity index (χ0n) is 13.5. The van der Waals surface area contributed by atoms with Crippen LogP contribution in [0.1, 0.15) is 17.3 Å². The quantitative estimate of drug-likeness (QED) is 0.523. The van der Waals surface area contributed by atoms with Gasteiger partial charge in [-0.2, -0.15) is 0 Å². The van der Waals surface area contributed by atoms with Gasteiger partial charge in [0.25, 0.3) is 0 Å². The van der Waals surface area contributed by atoms with Crippen LogP contribution in [0.5, 0.6) is 0 Å². The average molecular weight is 331 g/mol. The van der Waals surface area contributed by atoms with Crippen molar-refractivity contribution in [2.24, 2.45) is 0 Å². The molecule has 0 aliphatic heterocycles. The molecule has 5 heteroatoms. The van der Waals surface area contributed by atoms with Gasteiger partial charge in [-0.1, -0.05) is 30.3 Å². The highest BCUT2D eigenvalue weighted by Gasteiger charge is 2.10. The average Bonchev–Trinajstić information content (AvgIpc) is 3.05. The summed E-state index contributed by atoms with van der Waals surface area (Å²) in [5, 5.41) is 0. The number of fused-ring (bicyclic) bond motifs is 1. The van der Waals surface area contributed by atoms with Gasteiger partial charge < -0.3 is 0 Å². The van der Waals surface area contributed by atoms with Crippen molar-refractivity contribution in [3.63, 3.8) is 0 Å². The molecule has 0 saturated carbocycles. The molecular weight excluding hydrogens is 317 g/mol. The van der Waals surface area contributed by atoms with E-state index in [-0.39, 0.29) is 11.6 Å². The lowest BCUT2D eigenvalue weighted by Gasteiger charge is -2.06. The Hall–Kier alpha value is -3.34. The van der Waals surface area contributed by atoms with Gasteiger partial charge in [-0.05, 0) is 25.1 Å². The van der Waals surface area contributed by atoms with Crippen LogP contribution in [-0.2, 0) is 0 Å². The number of hydrogen-bond acceptors (Lipinski definition) is 3. The van der Waals surface area contributed by atoms with Crippen LogP contribution in [0, 0.1) is 5.82 Å². The van der Waals surface area contributed by atoms with E-state index in [2.05, 4.69) is 9.97 Å². The van der Waals surface area contributed by atoms with Crippen LogP contribution in [-0.4, -0.2) is 20.2 Å². The smallest absolute Gasteiger partial charge is 0.159 e. The van der Waals surface area contributed by atoms with Gasteiger partial charge in [0.1, 0.15) is 5.82 Å². The highest BCUT2D eigenvalue weighted by Crippen LogP contribution is 2.24. The highest BCUT2D eigenvalue weighted by molar-refractivity contribution is 5.95. The zero-order valence-corrected chi connectivity index (χ0v) is 13.5. The summed E-state index contributed by atoms with van der Waals surface area (Å²) in [7, 11) is 0. The maximum Gasteiger partial charge on any atom is 0.159 e. The summed E-state index contributed by atoms with van der Waals surface area (Å²) in [6.45, 7) is 1.54. The van der Waals surface area contributed by atoms with Gasteiger partial charge in [-0.15, -0.1) is 0 Å². The number of Topliss-reactive ketones (excluding diaryl/α,β-unsaturated/α-hetero) is 1. The maximum atomic E-state index is 13.5. The lowest BCUT2D eigenvalue weighted by atomic mass is 10.1. The SMILES string of the molecule is CC(=O)c1cccc(-c2cnc3cnc(-c4cccc(F)c4)cn23)c1. The molecular formula is C20H14FN3O. The minimum Gasteiger partial charge on any atom is -0.296 e. The van der Waals surface area contributed by atoms with Crippen molar-refractivity contribution >= 4 is 11.4 Å². The van der Waals surface area contributed by atoms with Crippen molar-refractivity contribution in [1.29, 1.82) is 0 Å². The number of rotatable bonds is 3. The summed E-state index contributed by atoms with van der Waals surface area (Å²) < 4.78 is 15.4. The standard InChI is InChI=1S/C20H14FN3O/c1-13(25)14-4-2-6-16(8-14)19-10-23-20-11-22-18(12-24(19)20)15-5-3-7-17(21)9-15/h2-12H,1H3. The molecule has 0 N–H and O–H groups in total. The molecule has 0 atom stereocenters. The first-order valence-corrected chi connectivity index (χ1v) is 7.82. The fraction of sp³-hybridized carbons (Fsp3) is 0.0500. The van der Waals surface area contributed by atoms with Gasteiger partial charge in [-0.3, -0.25) is 14.2 Å². The number of carbonyl (C=O) groups excluding carboxylic acids is 1. The molecule has 0 unspecified atom stereocenters. The third-order valence-electron chi connectivity index (χ3n) is 4.08. The number of imidazole rings is 1. The molecule has 0 bridgehead atoms. The Morgan fingerprint density at radius 1 is 1.00 bits per heavy atom. The molecule has 4 aromatic rings. The zero-order chi connectivity index (χ0) is 17.4. The van der Waals surface area contributed by atoms with Crippen molar-refractivity contribution in [3.8, 4) is 22.5 Å². The van der Waals surface area contributed by atoms with E-state index in [4.69, 9.17) is 0 Å². The van der Waals surface area contributed by atoms with Crippen molar-refractivity contribution in [1.82, 2.24) is 14.4 Å². The third kappa shape index (κ3) is 2.80. The first-order valence-electron chi connectivity index (χ1n) is 7.82. The number of aromatic nitrogens is 3. The van der Waals surface area contributed by atoms with E-state index in [1.807, 2.05) is 34.9 Å². The Kier molecular flexibility index (Phi) is 3.61. The first-order chi connectivity index (χ1) is 12.1. The third-order valence-corrected chi connectivity index (χ3v) is 4.08. The van der Waals surface area contributed by atoms with Crippen molar-refractivity contribution < 1.29 is 9.18 Å². The molecule has 4 nitrogen and oxygen atoms in total. The minimum atomic E-state index is -0.306. The van der Waals surface area contributed by atoms with Gasteiger partial charge in [0.05, 0.1) is 23.8 Å². The number of hydrogen-bond donors (Lipinski definition) is 0. The maximum absolute atomic E-state index is 13.5. The first kappa shape index (κ1) is 15.2. The Morgan fingerprint density at radius 2 is 1.80 bits per heavy atom. The molecule has 2 aromatic carbocycles. The van der Waals surface area contributed by atoms with Gasteiger partial charge in [0.2, 0.25) is 0 Å². The lowest BCUT2D eigenvalue weighted by Crippen LogP contribution is -1.95. The molecule has 0 radical (unpaired) electrons.